The third-order valence-corrected chi connectivity index (χ3v) is 4.38. The number of aryl methyl sites for hydroxylation is 1. The monoisotopic (exact) mass is 322 g/mol. The Morgan fingerprint density at radius 3 is 2.86 bits per heavy atom. The van der Waals surface area contributed by atoms with Gasteiger partial charge in [-0.3, -0.25) is 4.79 Å². The third kappa shape index (κ3) is 5.40. The second-order valence-corrected chi connectivity index (χ2v) is 6.28. The van der Waals surface area contributed by atoms with Crippen molar-refractivity contribution in [2.24, 2.45) is 0 Å². The van der Waals surface area contributed by atoms with Gasteiger partial charge in [0, 0.05) is 16.8 Å². The Morgan fingerprint density at radius 1 is 1.38 bits per heavy atom. The van der Waals surface area contributed by atoms with Crippen LogP contribution in [-0.4, -0.2) is 23.3 Å². The normalized spacial score (nSPS) is 10.4. The summed E-state index contributed by atoms with van der Waals surface area (Å²) < 4.78 is 4.88. The van der Waals surface area contributed by atoms with Crippen LogP contribution in [0.25, 0.3) is 0 Å². The summed E-state index contributed by atoms with van der Waals surface area (Å²) in [5.74, 6) is 0.910. The molecule has 0 unspecified atom stereocenters. The minimum Gasteiger partial charge on any atom is -0.465 e. The zero-order valence-electron chi connectivity index (χ0n) is 12.1. The van der Waals surface area contributed by atoms with Crippen LogP contribution in [0.1, 0.15) is 18.2 Å². The van der Waals surface area contributed by atoms with Gasteiger partial charge >= 0.3 is 5.97 Å². The third-order valence-electron chi connectivity index (χ3n) is 2.63. The number of anilines is 2. The molecule has 0 atom stereocenters. The van der Waals surface area contributed by atoms with Gasteiger partial charge in [0.05, 0.1) is 18.1 Å². The van der Waals surface area contributed by atoms with E-state index in [0.29, 0.717) is 18.1 Å². The molecule has 1 heterocycles. The van der Waals surface area contributed by atoms with E-state index in [1.165, 1.54) is 17.3 Å². The maximum atomic E-state index is 11.2. The number of benzene rings is 1. The van der Waals surface area contributed by atoms with E-state index in [-0.39, 0.29) is 5.97 Å². The van der Waals surface area contributed by atoms with E-state index in [9.17, 15) is 4.79 Å². The van der Waals surface area contributed by atoms with E-state index in [4.69, 9.17) is 4.74 Å². The number of aromatic nitrogens is 1. The summed E-state index contributed by atoms with van der Waals surface area (Å²) in [5, 5.41) is 6.15. The number of nitrogens with zero attached hydrogens (tertiary/aromatic N) is 1. The lowest BCUT2D eigenvalue weighted by atomic mass is 10.2. The van der Waals surface area contributed by atoms with Crippen molar-refractivity contribution < 1.29 is 9.53 Å². The summed E-state index contributed by atoms with van der Waals surface area (Å²) in [4.78, 5) is 15.7. The Labute approximate surface area is 132 Å². The standard InChI is InChI=1S/C15H18N2O2S2/c1-3-19-14(18)10-20-8-13-9-21-15(17-13)16-12-6-4-11(2)5-7-12/h4-7,9H,3,8,10H2,1-2H3,(H,16,17). The SMILES string of the molecule is CCOC(=O)CSCc1csc(Nc2ccc(C)cc2)n1. The maximum Gasteiger partial charge on any atom is 0.315 e. The zero-order valence-corrected chi connectivity index (χ0v) is 13.7. The van der Waals surface area contributed by atoms with Crippen molar-refractivity contribution >= 4 is 39.9 Å². The number of carbonyl (C=O) groups is 1. The van der Waals surface area contributed by atoms with Crippen molar-refractivity contribution in [3.63, 3.8) is 0 Å². The Morgan fingerprint density at radius 2 is 2.14 bits per heavy atom. The van der Waals surface area contributed by atoms with Crippen molar-refractivity contribution in [3.05, 3.63) is 40.9 Å². The number of esters is 1. The number of ether oxygens (including phenoxy) is 1. The molecule has 0 saturated carbocycles. The van der Waals surface area contributed by atoms with Crippen LogP contribution >= 0.6 is 23.1 Å². The van der Waals surface area contributed by atoms with Gasteiger partial charge in [0.15, 0.2) is 5.13 Å². The van der Waals surface area contributed by atoms with Crippen LogP contribution in [0.3, 0.4) is 0 Å². The summed E-state index contributed by atoms with van der Waals surface area (Å²) in [7, 11) is 0. The molecular weight excluding hydrogens is 304 g/mol. The Kier molecular flexibility index (Phi) is 6.07. The van der Waals surface area contributed by atoms with Crippen LogP contribution in [0.2, 0.25) is 0 Å². The van der Waals surface area contributed by atoms with Gasteiger partial charge in [-0.25, -0.2) is 4.98 Å². The molecule has 112 valence electrons. The second-order valence-electron chi connectivity index (χ2n) is 4.43. The zero-order chi connectivity index (χ0) is 15.1. The van der Waals surface area contributed by atoms with Gasteiger partial charge in [-0.1, -0.05) is 17.7 Å². The minimum atomic E-state index is -0.171. The fraction of sp³-hybridized carbons (Fsp3) is 0.333. The molecule has 6 heteroatoms. The van der Waals surface area contributed by atoms with E-state index < -0.39 is 0 Å². The fourth-order valence-corrected chi connectivity index (χ4v) is 3.18. The highest BCUT2D eigenvalue weighted by Crippen LogP contribution is 2.23. The molecule has 0 bridgehead atoms. The molecule has 4 nitrogen and oxygen atoms in total. The highest BCUT2D eigenvalue weighted by atomic mass is 32.2. The number of nitrogens with one attached hydrogen (secondary N) is 1. The van der Waals surface area contributed by atoms with Crippen molar-refractivity contribution in [2.45, 2.75) is 19.6 Å². The lowest BCUT2D eigenvalue weighted by molar-refractivity contribution is -0.139. The summed E-state index contributed by atoms with van der Waals surface area (Å²) in [5.41, 5.74) is 3.24. The number of thioether (sulfide) groups is 1. The molecule has 0 fully saturated rings. The van der Waals surface area contributed by atoms with Gasteiger partial charge < -0.3 is 10.1 Å². The number of hydrogen-bond acceptors (Lipinski definition) is 6. The molecule has 21 heavy (non-hydrogen) atoms. The van der Waals surface area contributed by atoms with E-state index in [0.717, 1.165) is 16.5 Å². The molecular formula is C15H18N2O2S2. The lowest BCUT2D eigenvalue weighted by Crippen LogP contribution is -2.06. The summed E-state index contributed by atoms with van der Waals surface area (Å²) in [6.07, 6.45) is 0. The first-order valence-corrected chi connectivity index (χ1v) is 8.72. The first-order chi connectivity index (χ1) is 10.2. The first kappa shape index (κ1) is 15.9. The summed E-state index contributed by atoms with van der Waals surface area (Å²) >= 11 is 3.08. The van der Waals surface area contributed by atoms with Gasteiger partial charge in [-0.2, -0.15) is 0 Å². The van der Waals surface area contributed by atoms with Crippen LogP contribution in [0, 0.1) is 6.92 Å². The van der Waals surface area contributed by atoms with Crippen LogP contribution in [0.15, 0.2) is 29.6 Å². The number of thiazole rings is 1. The quantitative estimate of drug-likeness (QED) is 0.781. The lowest BCUT2D eigenvalue weighted by Gasteiger charge is -2.02. The molecule has 0 aliphatic heterocycles. The van der Waals surface area contributed by atoms with Gasteiger partial charge in [0.1, 0.15) is 0 Å². The van der Waals surface area contributed by atoms with Crippen molar-refractivity contribution in [1.82, 2.24) is 4.98 Å². The molecule has 1 aromatic heterocycles. The predicted molar refractivity (Wildman–Crippen MR) is 89.4 cm³/mol. The molecule has 0 saturated heterocycles. The van der Waals surface area contributed by atoms with Gasteiger partial charge in [-0.15, -0.1) is 23.1 Å². The summed E-state index contributed by atoms with van der Waals surface area (Å²) in [6.45, 7) is 4.30. The highest BCUT2D eigenvalue weighted by molar-refractivity contribution is 7.99. The van der Waals surface area contributed by atoms with Crippen LogP contribution in [-0.2, 0) is 15.3 Å². The van der Waals surface area contributed by atoms with Crippen molar-refractivity contribution in [3.8, 4) is 0 Å². The molecule has 0 spiro atoms. The van der Waals surface area contributed by atoms with E-state index in [2.05, 4.69) is 29.4 Å². The second kappa shape index (κ2) is 8.05. The Balaban J connectivity index is 1.81. The highest BCUT2D eigenvalue weighted by Gasteiger charge is 2.05. The number of carbonyl (C=O) groups excluding carboxylic acids is 1. The Bertz CT molecular complexity index is 582. The summed E-state index contributed by atoms with van der Waals surface area (Å²) in [6, 6.07) is 8.19. The van der Waals surface area contributed by atoms with Gasteiger partial charge in [-0.05, 0) is 26.0 Å². The molecule has 1 N–H and O–H groups in total. The minimum absolute atomic E-state index is 0.171. The van der Waals surface area contributed by atoms with Gasteiger partial charge in [0.25, 0.3) is 0 Å². The molecule has 0 aliphatic rings. The largest absolute Gasteiger partial charge is 0.465 e. The molecule has 0 amide bonds. The van der Waals surface area contributed by atoms with Crippen molar-refractivity contribution in [1.29, 1.82) is 0 Å². The average Bonchev–Trinajstić information content (AvgIpc) is 2.89. The topological polar surface area (TPSA) is 51.2 Å². The maximum absolute atomic E-state index is 11.2. The molecule has 2 aromatic rings. The Hall–Kier alpha value is -1.53. The predicted octanol–water partition coefficient (Wildman–Crippen LogP) is 3.99. The van der Waals surface area contributed by atoms with E-state index in [1.54, 1.807) is 11.3 Å². The first-order valence-electron chi connectivity index (χ1n) is 6.69. The number of rotatable bonds is 7. The fourth-order valence-electron chi connectivity index (χ4n) is 1.63. The van der Waals surface area contributed by atoms with Crippen LogP contribution in [0.5, 0.6) is 0 Å². The molecule has 2 rings (SSSR count). The average molecular weight is 322 g/mol. The van der Waals surface area contributed by atoms with E-state index in [1.807, 2.05) is 24.4 Å². The smallest absolute Gasteiger partial charge is 0.315 e. The molecule has 1 aromatic carbocycles. The van der Waals surface area contributed by atoms with Gasteiger partial charge in [0.2, 0.25) is 0 Å². The molecule has 0 radical (unpaired) electrons. The van der Waals surface area contributed by atoms with Crippen molar-refractivity contribution in [2.75, 3.05) is 17.7 Å². The number of hydrogen-bond donors (Lipinski definition) is 1. The van der Waals surface area contributed by atoms with Crippen LogP contribution in [0.4, 0.5) is 10.8 Å². The molecule has 0 aliphatic carbocycles. The van der Waals surface area contributed by atoms with Crippen LogP contribution < -0.4 is 5.32 Å². The van der Waals surface area contributed by atoms with E-state index >= 15 is 0 Å².